The van der Waals surface area contributed by atoms with E-state index < -0.39 is 16.9 Å². The highest BCUT2D eigenvalue weighted by Gasteiger charge is 2.42. The molecule has 1 amide bonds. The summed E-state index contributed by atoms with van der Waals surface area (Å²) in [5.74, 6) is -0.477. The lowest BCUT2D eigenvalue weighted by Crippen LogP contribution is -2.31. The molecule has 33 heavy (non-hydrogen) atoms. The highest BCUT2D eigenvalue weighted by molar-refractivity contribution is 6.31. The molecule has 0 N–H and O–H groups in total. The van der Waals surface area contributed by atoms with Gasteiger partial charge >= 0.3 is 0 Å². The number of nitrogens with zero attached hydrogens (tertiary/aromatic N) is 4. The van der Waals surface area contributed by atoms with Crippen LogP contribution in [0.15, 0.2) is 70.4 Å². The normalized spacial score (nSPS) is 15.2. The average molecular weight is 465 g/mol. The number of carbonyl (C=O) groups is 1. The summed E-state index contributed by atoms with van der Waals surface area (Å²) in [6.07, 6.45) is 5.75. The predicted molar refractivity (Wildman–Crippen MR) is 120 cm³/mol. The van der Waals surface area contributed by atoms with Crippen molar-refractivity contribution in [2.24, 2.45) is 0 Å². The van der Waals surface area contributed by atoms with E-state index in [1.54, 1.807) is 36.8 Å². The molecule has 0 radical (unpaired) electrons. The molecule has 0 aliphatic carbocycles. The second-order valence-electron chi connectivity index (χ2n) is 7.72. The van der Waals surface area contributed by atoms with Crippen molar-refractivity contribution in [3.63, 3.8) is 0 Å². The highest BCUT2D eigenvalue weighted by atomic mass is 35.5. The van der Waals surface area contributed by atoms with Gasteiger partial charge in [-0.25, -0.2) is 4.98 Å². The molecule has 0 fully saturated rings. The molecule has 1 atom stereocenters. The van der Waals surface area contributed by atoms with Crippen LogP contribution >= 0.6 is 11.6 Å². The van der Waals surface area contributed by atoms with Crippen molar-refractivity contribution in [1.82, 2.24) is 14.5 Å². The Morgan fingerprint density at radius 1 is 1.15 bits per heavy atom. The molecule has 3 heterocycles. The molecule has 0 saturated carbocycles. The number of amides is 1. The summed E-state index contributed by atoms with van der Waals surface area (Å²) in [4.78, 5) is 43.3. The zero-order valence-corrected chi connectivity index (χ0v) is 17.9. The van der Waals surface area contributed by atoms with Crippen LogP contribution in [0.4, 0.5) is 5.69 Å². The molecule has 0 spiro atoms. The smallest absolute Gasteiger partial charge is 0.290 e. The molecule has 166 valence electrons. The number of carbonyl (C=O) groups excluding carboxylic acids is 1. The van der Waals surface area contributed by atoms with Crippen LogP contribution in [0.2, 0.25) is 5.02 Å². The van der Waals surface area contributed by atoms with Gasteiger partial charge < -0.3 is 13.9 Å². The summed E-state index contributed by atoms with van der Waals surface area (Å²) in [5.41, 5.74) is 0.385. The third-order valence-electron chi connectivity index (χ3n) is 5.70. The molecule has 0 bridgehead atoms. The fourth-order valence-corrected chi connectivity index (χ4v) is 4.39. The van der Waals surface area contributed by atoms with Crippen molar-refractivity contribution in [2.75, 3.05) is 6.54 Å². The summed E-state index contributed by atoms with van der Waals surface area (Å²) in [7, 11) is 0. The van der Waals surface area contributed by atoms with Crippen molar-refractivity contribution < 1.29 is 14.1 Å². The molecule has 4 aromatic rings. The van der Waals surface area contributed by atoms with E-state index in [1.807, 2.05) is 10.8 Å². The van der Waals surface area contributed by atoms with Gasteiger partial charge in [0.1, 0.15) is 5.58 Å². The van der Waals surface area contributed by atoms with E-state index in [0.29, 0.717) is 30.1 Å². The first kappa shape index (κ1) is 20.9. The number of aromatic nitrogens is 2. The van der Waals surface area contributed by atoms with Gasteiger partial charge in [-0.05, 0) is 30.2 Å². The van der Waals surface area contributed by atoms with E-state index in [9.17, 15) is 19.7 Å². The van der Waals surface area contributed by atoms with Crippen LogP contribution in [0, 0.1) is 10.1 Å². The van der Waals surface area contributed by atoms with Crippen molar-refractivity contribution in [1.29, 1.82) is 0 Å². The lowest BCUT2D eigenvalue weighted by atomic mass is 9.98. The fraction of sp³-hybridized carbons (Fsp3) is 0.174. The first-order valence-corrected chi connectivity index (χ1v) is 10.6. The zero-order chi connectivity index (χ0) is 23.1. The van der Waals surface area contributed by atoms with Crippen molar-refractivity contribution in [2.45, 2.75) is 19.0 Å². The minimum Gasteiger partial charge on any atom is -0.450 e. The van der Waals surface area contributed by atoms with E-state index in [-0.39, 0.29) is 33.4 Å². The van der Waals surface area contributed by atoms with Crippen LogP contribution in [-0.4, -0.2) is 31.8 Å². The van der Waals surface area contributed by atoms with Gasteiger partial charge in [0, 0.05) is 42.6 Å². The molecule has 2 aromatic carbocycles. The first-order chi connectivity index (χ1) is 15.9. The molecule has 1 unspecified atom stereocenters. The Hall–Kier alpha value is -3.98. The molecule has 0 saturated heterocycles. The number of hydrogen-bond acceptors (Lipinski definition) is 6. The lowest BCUT2D eigenvalue weighted by Gasteiger charge is -2.25. The van der Waals surface area contributed by atoms with Crippen LogP contribution in [0.25, 0.3) is 11.0 Å². The lowest BCUT2D eigenvalue weighted by molar-refractivity contribution is -0.384. The van der Waals surface area contributed by atoms with Crippen molar-refractivity contribution >= 4 is 34.2 Å². The van der Waals surface area contributed by atoms with Gasteiger partial charge in [-0.1, -0.05) is 23.7 Å². The third kappa shape index (κ3) is 3.66. The second-order valence-corrected chi connectivity index (χ2v) is 8.16. The molecule has 2 aromatic heterocycles. The van der Waals surface area contributed by atoms with Gasteiger partial charge in [0.05, 0.1) is 28.2 Å². The Kier molecular flexibility index (Phi) is 5.18. The number of hydrogen-bond donors (Lipinski definition) is 0. The van der Waals surface area contributed by atoms with Gasteiger partial charge in [-0.15, -0.1) is 0 Å². The minimum absolute atomic E-state index is 0.0473. The number of imidazole rings is 1. The van der Waals surface area contributed by atoms with Crippen LogP contribution in [0.5, 0.6) is 0 Å². The van der Waals surface area contributed by atoms with Crippen molar-refractivity contribution in [3.05, 3.63) is 103 Å². The number of non-ortho nitro benzene ring substituents is 1. The Balaban J connectivity index is 1.63. The summed E-state index contributed by atoms with van der Waals surface area (Å²) in [6.45, 7) is 0.922. The molecular formula is C23H17ClN4O5. The Bertz CT molecular complexity index is 1450. The number of aryl methyl sites for hydroxylation is 1. The maximum Gasteiger partial charge on any atom is 0.290 e. The Morgan fingerprint density at radius 3 is 2.76 bits per heavy atom. The molecule has 5 rings (SSSR count). The molecule has 9 nitrogen and oxygen atoms in total. The number of benzene rings is 2. The maximum absolute atomic E-state index is 13.5. The fourth-order valence-electron chi connectivity index (χ4n) is 4.22. The summed E-state index contributed by atoms with van der Waals surface area (Å²) in [5, 5.41) is 12.0. The monoisotopic (exact) mass is 464 g/mol. The Morgan fingerprint density at radius 2 is 2.00 bits per heavy atom. The molecule has 1 aliphatic rings. The van der Waals surface area contributed by atoms with E-state index in [1.165, 1.54) is 23.1 Å². The third-order valence-corrected chi connectivity index (χ3v) is 5.93. The van der Waals surface area contributed by atoms with Crippen LogP contribution in [0.3, 0.4) is 0 Å². The Labute approximate surface area is 192 Å². The van der Waals surface area contributed by atoms with Gasteiger partial charge in [0.2, 0.25) is 5.76 Å². The second kappa shape index (κ2) is 8.18. The van der Waals surface area contributed by atoms with E-state index in [4.69, 9.17) is 16.0 Å². The molecular weight excluding hydrogens is 448 g/mol. The number of halogens is 1. The standard InChI is InChI=1S/C23H17ClN4O5/c24-15-5-6-18-17(12-15)21(29)19-20(14-3-1-4-16(11-14)28(31)32)27(23(30)22(19)33-18)9-2-8-26-10-7-25-13-26/h1,3-7,10-13,20H,2,8-9H2. The number of fused-ring (bicyclic) bond motifs is 2. The van der Waals surface area contributed by atoms with E-state index in [2.05, 4.69) is 4.98 Å². The average Bonchev–Trinajstić information content (AvgIpc) is 3.42. The van der Waals surface area contributed by atoms with E-state index >= 15 is 0 Å². The van der Waals surface area contributed by atoms with Gasteiger partial charge in [-0.2, -0.15) is 0 Å². The molecule has 1 aliphatic heterocycles. The largest absolute Gasteiger partial charge is 0.450 e. The molecule has 10 heteroatoms. The van der Waals surface area contributed by atoms with Gasteiger partial charge in [0.15, 0.2) is 5.43 Å². The van der Waals surface area contributed by atoms with Gasteiger partial charge in [-0.3, -0.25) is 19.7 Å². The first-order valence-electron chi connectivity index (χ1n) is 10.2. The summed E-state index contributed by atoms with van der Waals surface area (Å²) < 4.78 is 7.75. The van der Waals surface area contributed by atoms with Crippen molar-refractivity contribution in [3.8, 4) is 0 Å². The summed E-state index contributed by atoms with van der Waals surface area (Å²) in [6, 6.07) is 9.79. The minimum atomic E-state index is -0.810. The number of rotatable bonds is 6. The topological polar surface area (TPSA) is 111 Å². The summed E-state index contributed by atoms with van der Waals surface area (Å²) >= 11 is 6.09. The van der Waals surface area contributed by atoms with E-state index in [0.717, 1.165) is 0 Å². The SMILES string of the molecule is O=C1c2oc3ccc(Cl)cc3c(=O)c2C(c2cccc([N+](=O)[O-])c2)N1CCCn1ccnc1. The maximum atomic E-state index is 13.5. The van der Waals surface area contributed by atoms with Gasteiger partial charge in [0.25, 0.3) is 11.6 Å². The predicted octanol–water partition coefficient (Wildman–Crippen LogP) is 4.19. The zero-order valence-electron chi connectivity index (χ0n) is 17.2. The van der Waals surface area contributed by atoms with Crippen LogP contribution in [0.1, 0.15) is 34.1 Å². The van der Waals surface area contributed by atoms with Crippen LogP contribution in [-0.2, 0) is 6.54 Å². The quantitative estimate of drug-likeness (QED) is 0.312. The highest BCUT2D eigenvalue weighted by Crippen LogP contribution is 2.39. The van der Waals surface area contributed by atoms with Crippen LogP contribution < -0.4 is 5.43 Å². The number of nitro benzene ring substituents is 1. The number of nitro groups is 1.